The fourth-order valence-electron chi connectivity index (χ4n) is 3.35. The average molecular weight is 436 g/mol. The smallest absolute Gasteiger partial charge is 0.340 e. The van der Waals surface area contributed by atoms with Crippen LogP contribution in [0, 0.1) is 13.8 Å². The molecule has 164 valence electrons. The first-order valence-electron chi connectivity index (χ1n) is 9.89. The summed E-state index contributed by atoms with van der Waals surface area (Å²) in [6.45, 7) is 10.2. The monoisotopic (exact) mass is 435 g/mol. The lowest BCUT2D eigenvalue weighted by Crippen LogP contribution is -2.30. The number of hydrogen-bond donors (Lipinski definition) is 1. The number of benzene rings is 1. The van der Waals surface area contributed by atoms with Gasteiger partial charge in [-0.15, -0.1) is 0 Å². The molecule has 0 atom stereocenters. The van der Waals surface area contributed by atoms with Crippen molar-refractivity contribution in [2.24, 2.45) is 0 Å². The van der Waals surface area contributed by atoms with Gasteiger partial charge in [0.25, 0.3) is 5.91 Å². The largest absolute Gasteiger partial charge is 0.452 e. The fraction of sp³-hybridized carbons (Fsp3) is 0.429. The fourth-order valence-corrected chi connectivity index (χ4v) is 4.85. The highest BCUT2D eigenvalue weighted by molar-refractivity contribution is 7.89. The number of nitrogens with one attached hydrogen (secondary N) is 1. The molecule has 1 aromatic carbocycles. The molecule has 1 N–H and O–H groups in total. The maximum absolute atomic E-state index is 12.6. The Kier molecular flexibility index (Phi) is 7.80. The van der Waals surface area contributed by atoms with Gasteiger partial charge in [0.15, 0.2) is 6.61 Å². The van der Waals surface area contributed by atoms with E-state index in [4.69, 9.17) is 4.74 Å². The normalized spacial score (nSPS) is 11.5. The molecule has 0 fully saturated rings. The predicted molar refractivity (Wildman–Crippen MR) is 115 cm³/mol. The number of rotatable bonds is 9. The summed E-state index contributed by atoms with van der Waals surface area (Å²) in [6.07, 6.45) is 0. The highest BCUT2D eigenvalue weighted by atomic mass is 32.2. The third-order valence-electron chi connectivity index (χ3n) is 4.91. The maximum Gasteiger partial charge on any atom is 0.340 e. The number of esters is 1. The van der Waals surface area contributed by atoms with E-state index in [-0.39, 0.29) is 4.90 Å². The van der Waals surface area contributed by atoms with Gasteiger partial charge >= 0.3 is 5.97 Å². The first-order valence-corrected chi connectivity index (χ1v) is 11.3. The number of carbonyl (C=O) groups excluding carboxylic acids is 2. The van der Waals surface area contributed by atoms with E-state index >= 15 is 0 Å². The minimum atomic E-state index is -3.64. The molecule has 0 aliphatic carbocycles. The van der Waals surface area contributed by atoms with Gasteiger partial charge in [0.1, 0.15) is 0 Å². The highest BCUT2D eigenvalue weighted by Crippen LogP contribution is 2.20. The lowest BCUT2D eigenvalue weighted by atomic mass is 10.2. The van der Waals surface area contributed by atoms with Crippen molar-refractivity contribution in [3.05, 3.63) is 47.3 Å². The van der Waals surface area contributed by atoms with Crippen molar-refractivity contribution in [3.8, 4) is 0 Å². The molecule has 9 heteroatoms. The zero-order valence-corrected chi connectivity index (χ0v) is 18.9. The van der Waals surface area contributed by atoms with Gasteiger partial charge in [0, 0.05) is 36.7 Å². The number of ether oxygens (including phenoxy) is 1. The second-order valence-corrected chi connectivity index (χ2v) is 8.71. The van der Waals surface area contributed by atoms with Gasteiger partial charge in [-0.3, -0.25) is 4.79 Å². The number of aryl methyl sites for hydroxylation is 1. The molecular weight excluding hydrogens is 406 g/mol. The zero-order chi connectivity index (χ0) is 22.5. The lowest BCUT2D eigenvalue weighted by molar-refractivity contribution is -0.119. The molecule has 1 heterocycles. The summed E-state index contributed by atoms with van der Waals surface area (Å²) in [5.74, 6) is -1.12. The number of sulfonamides is 1. The third kappa shape index (κ3) is 5.09. The minimum Gasteiger partial charge on any atom is -0.452 e. The summed E-state index contributed by atoms with van der Waals surface area (Å²) in [7, 11) is -3.64. The van der Waals surface area contributed by atoms with Crippen LogP contribution < -0.4 is 5.32 Å². The topological polar surface area (TPSA) is 97.7 Å². The Labute approximate surface area is 177 Å². The maximum atomic E-state index is 12.6. The van der Waals surface area contributed by atoms with E-state index in [9.17, 15) is 18.0 Å². The van der Waals surface area contributed by atoms with Crippen molar-refractivity contribution in [2.45, 2.75) is 46.1 Å². The molecule has 0 aliphatic rings. The van der Waals surface area contributed by atoms with Gasteiger partial charge in [-0.2, -0.15) is 4.31 Å². The van der Waals surface area contributed by atoms with E-state index < -0.39 is 28.5 Å². The minimum absolute atomic E-state index is 0.0907. The first-order chi connectivity index (χ1) is 14.1. The Bertz CT molecular complexity index is 1020. The SMILES string of the molecule is CCN(CC)S(=O)(=O)c1cccc(NC(=O)COC(=O)c2cc(C)n(CC)c2C)c1. The second kappa shape index (κ2) is 9.90. The van der Waals surface area contributed by atoms with E-state index in [1.54, 1.807) is 32.0 Å². The standard InChI is InChI=1S/C21H29N3O5S/c1-6-23(7-2)30(27,28)18-11-9-10-17(13-18)22-20(25)14-29-21(26)19-12-15(4)24(8-3)16(19)5/h9-13H,6-8,14H2,1-5H3,(H,22,25). The molecule has 2 aromatic rings. The van der Waals surface area contributed by atoms with Crippen molar-refractivity contribution < 1.29 is 22.7 Å². The number of nitrogens with zero attached hydrogens (tertiary/aromatic N) is 2. The Morgan fingerprint density at radius 2 is 1.77 bits per heavy atom. The molecule has 1 amide bonds. The molecular formula is C21H29N3O5S. The van der Waals surface area contributed by atoms with Crippen molar-refractivity contribution >= 4 is 27.6 Å². The van der Waals surface area contributed by atoms with Gasteiger partial charge in [0.05, 0.1) is 10.5 Å². The first kappa shape index (κ1) is 23.6. The molecule has 1 aromatic heterocycles. The highest BCUT2D eigenvalue weighted by Gasteiger charge is 2.22. The van der Waals surface area contributed by atoms with Crippen LogP contribution in [0.1, 0.15) is 42.5 Å². The van der Waals surface area contributed by atoms with Crippen LogP contribution in [0.3, 0.4) is 0 Å². The third-order valence-corrected chi connectivity index (χ3v) is 6.95. The van der Waals surface area contributed by atoms with E-state index in [1.165, 1.54) is 16.4 Å². The molecule has 8 nitrogen and oxygen atoms in total. The van der Waals surface area contributed by atoms with E-state index in [0.29, 0.717) is 24.3 Å². The second-order valence-electron chi connectivity index (χ2n) is 6.77. The lowest BCUT2D eigenvalue weighted by Gasteiger charge is -2.18. The van der Waals surface area contributed by atoms with E-state index in [2.05, 4.69) is 5.32 Å². The van der Waals surface area contributed by atoms with Crippen LogP contribution in [0.2, 0.25) is 0 Å². The quantitative estimate of drug-likeness (QED) is 0.611. The van der Waals surface area contributed by atoms with Gasteiger partial charge in [-0.25, -0.2) is 13.2 Å². The summed E-state index contributed by atoms with van der Waals surface area (Å²) in [5, 5.41) is 2.57. The van der Waals surface area contributed by atoms with Crippen LogP contribution in [0.15, 0.2) is 35.2 Å². The average Bonchev–Trinajstić information content (AvgIpc) is 3.00. The molecule has 0 saturated carbocycles. The van der Waals surface area contributed by atoms with Crippen LogP contribution in [0.4, 0.5) is 5.69 Å². The summed E-state index contributed by atoms with van der Waals surface area (Å²) >= 11 is 0. The predicted octanol–water partition coefficient (Wildman–Crippen LogP) is 2.95. The van der Waals surface area contributed by atoms with Crippen LogP contribution in [0.5, 0.6) is 0 Å². The van der Waals surface area contributed by atoms with Crippen molar-refractivity contribution in [1.82, 2.24) is 8.87 Å². The number of aromatic nitrogens is 1. The molecule has 0 unspecified atom stereocenters. The van der Waals surface area contributed by atoms with Gasteiger partial charge in [0.2, 0.25) is 10.0 Å². The summed E-state index contributed by atoms with van der Waals surface area (Å²) in [6, 6.07) is 7.74. The molecule has 30 heavy (non-hydrogen) atoms. The van der Waals surface area contributed by atoms with Crippen LogP contribution in [-0.2, 0) is 26.1 Å². The van der Waals surface area contributed by atoms with Crippen LogP contribution in [-0.4, -0.2) is 48.9 Å². The number of carbonyl (C=O) groups is 2. The van der Waals surface area contributed by atoms with Gasteiger partial charge in [-0.05, 0) is 45.0 Å². The summed E-state index contributed by atoms with van der Waals surface area (Å²) in [4.78, 5) is 24.6. The number of anilines is 1. The Morgan fingerprint density at radius 3 is 2.33 bits per heavy atom. The Balaban J connectivity index is 2.05. The van der Waals surface area contributed by atoms with Crippen LogP contribution in [0.25, 0.3) is 0 Å². The van der Waals surface area contributed by atoms with Crippen molar-refractivity contribution in [2.75, 3.05) is 25.0 Å². The van der Waals surface area contributed by atoms with E-state index in [1.807, 2.05) is 25.3 Å². The molecule has 0 saturated heterocycles. The molecule has 0 radical (unpaired) electrons. The Hall–Kier alpha value is -2.65. The van der Waals surface area contributed by atoms with Crippen molar-refractivity contribution in [3.63, 3.8) is 0 Å². The zero-order valence-electron chi connectivity index (χ0n) is 18.1. The Morgan fingerprint density at radius 1 is 1.10 bits per heavy atom. The summed E-state index contributed by atoms with van der Waals surface area (Å²) in [5.41, 5.74) is 2.47. The summed E-state index contributed by atoms with van der Waals surface area (Å²) < 4.78 is 33.7. The van der Waals surface area contributed by atoms with Crippen molar-refractivity contribution in [1.29, 1.82) is 0 Å². The molecule has 0 bridgehead atoms. The molecule has 0 spiro atoms. The number of hydrogen-bond acceptors (Lipinski definition) is 5. The van der Waals surface area contributed by atoms with Gasteiger partial charge in [-0.1, -0.05) is 19.9 Å². The van der Waals surface area contributed by atoms with E-state index in [0.717, 1.165) is 17.9 Å². The molecule has 2 rings (SSSR count). The molecule has 0 aliphatic heterocycles. The number of amides is 1. The van der Waals surface area contributed by atoms with Crippen LogP contribution >= 0.6 is 0 Å². The van der Waals surface area contributed by atoms with Gasteiger partial charge < -0.3 is 14.6 Å².